The van der Waals surface area contributed by atoms with Crippen molar-refractivity contribution >= 4 is 17.5 Å². The number of ketones is 2. The van der Waals surface area contributed by atoms with E-state index in [2.05, 4.69) is 0 Å². The Morgan fingerprint density at radius 1 is 0.848 bits per heavy atom. The standard InChI is InChI=1S/C27H29NO5/c1-16-11-19-22(30)15-27(33-24(19)12-17(16)2)7-9-28(10-8-27)25(31)18-5-6-23-20(13-18)21(29)14-26(3,4)32-23/h5-6,11-13H,7-10,14-15H2,1-4H3. The van der Waals surface area contributed by atoms with E-state index in [0.29, 0.717) is 60.5 Å². The molecule has 1 fully saturated rings. The van der Waals surface area contributed by atoms with Gasteiger partial charge in [-0.3, -0.25) is 14.4 Å². The zero-order valence-corrected chi connectivity index (χ0v) is 19.6. The Morgan fingerprint density at radius 3 is 2.21 bits per heavy atom. The number of benzene rings is 2. The number of amides is 1. The second-order valence-electron chi connectivity index (χ2n) is 10.3. The molecule has 6 nitrogen and oxygen atoms in total. The van der Waals surface area contributed by atoms with Gasteiger partial charge >= 0.3 is 0 Å². The van der Waals surface area contributed by atoms with Crippen molar-refractivity contribution in [2.24, 2.45) is 0 Å². The number of fused-ring (bicyclic) bond motifs is 2. The normalized spacial score (nSPS) is 20.5. The van der Waals surface area contributed by atoms with Crippen LogP contribution in [-0.4, -0.2) is 46.7 Å². The van der Waals surface area contributed by atoms with E-state index in [1.807, 2.05) is 39.8 Å². The second kappa shape index (κ2) is 7.44. The van der Waals surface area contributed by atoms with Crippen molar-refractivity contribution in [3.8, 4) is 11.5 Å². The minimum atomic E-state index is -0.562. The minimum absolute atomic E-state index is 0.00758. The smallest absolute Gasteiger partial charge is 0.253 e. The predicted octanol–water partition coefficient (Wildman–Crippen LogP) is 4.69. The van der Waals surface area contributed by atoms with Gasteiger partial charge in [-0.25, -0.2) is 0 Å². The van der Waals surface area contributed by atoms with Crippen molar-refractivity contribution in [2.45, 2.75) is 64.6 Å². The average molecular weight is 448 g/mol. The Morgan fingerprint density at radius 2 is 1.48 bits per heavy atom. The Kier molecular flexibility index (Phi) is 4.89. The molecule has 172 valence electrons. The van der Waals surface area contributed by atoms with Crippen LogP contribution in [0.3, 0.4) is 0 Å². The lowest BCUT2D eigenvalue weighted by molar-refractivity contribution is -0.00575. The lowest BCUT2D eigenvalue weighted by Crippen LogP contribution is -2.52. The highest BCUT2D eigenvalue weighted by Gasteiger charge is 2.44. The summed E-state index contributed by atoms with van der Waals surface area (Å²) in [5.41, 5.74) is 2.69. The fourth-order valence-electron chi connectivity index (χ4n) is 5.11. The van der Waals surface area contributed by atoms with Gasteiger partial charge in [-0.15, -0.1) is 0 Å². The maximum atomic E-state index is 13.2. The second-order valence-corrected chi connectivity index (χ2v) is 10.3. The highest BCUT2D eigenvalue weighted by atomic mass is 16.5. The van der Waals surface area contributed by atoms with Crippen molar-refractivity contribution < 1.29 is 23.9 Å². The van der Waals surface area contributed by atoms with E-state index in [1.165, 1.54) is 0 Å². The van der Waals surface area contributed by atoms with E-state index in [-0.39, 0.29) is 23.9 Å². The molecule has 0 bridgehead atoms. The van der Waals surface area contributed by atoms with E-state index in [9.17, 15) is 14.4 Å². The molecule has 5 rings (SSSR count). The van der Waals surface area contributed by atoms with Crippen LogP contribution in [0.4, 0.5) is 0 Å². The number of hydrogen-bond acceptors (Lipinski definition) is 5. The number of ether oxygens (including phenoxy) is 2. The van der Waals surface area contributed by atoms with Crippen molar-refractivity contribution in [1.82, 2.24) is 4.90 Å². The van der Waals surface area contributed by atoms with Crippen molar-refractivity contribution in [3.63, 3.8) is 0 Å². The fraction of sp³-hybridized carbons (Fsp3) is 0.444. The Bertz CT molecular complexity index is 1190. The largest absolute Gasteiger partial charge is 0.487 e. The maximum Gasteiger partial charge on any atom is 0.253 e. The van der Waals surface area contributed by atoms with Crippen LogP contribution < -0.4 is 9.47 Å². The van der Waals surface area contributed by atoms with Crippen LogP contribution in [0, 0.1) is 13.8 Å². The zero-order chi connectivity index (χ0) is 23.5. The SMILES string of the molecule is Cc1cc2c(cc1C)C(=O)CC1(CCN(C(=O)c3ccc4c(c3)C(=O)CC(C)(C)O4)CC1)O2. The molecule has 1 spiro atoms. The Labute approximate surface area is 193 Å². The Hall–Kier alpha value is -3.15. The summed E-state index contributed by atoms with van der Waals surface area (Å²) >= 11 is 0. The summed E-state index contributed by atoms with van der Waals surface area (Å²) < 4.78 is 12.3. The number of rotatable bonds is 1. The molecule has 6 heteroatoms. The first kappa shape index (κ1) is 21.7. The molecule has 33 heavy (non-hydrogen) atoms. The van der Waals surface area contributed by atoms with Gasteiger partial charge in [0.15, 0.2) is 11.6 Å². The third kappa shape index (κ3) is 3.81. The number of carbonyl (C=O) groups excluding carboxylic acids is 3. The molecule has 0 unspecified atom stereocenters. The first-order valence-electron chi connectivity index (χ1n) is 11.5. The molecule has 0 aliphatic carbocycles. The van der Waals surface area contributed by atoms with Gasteiger partial charge in [-0.2, -0.15) is 0 Å². The molecule has 0 radical (unpaired) electrons. The maximum absolute atomic E-state index is 13.2. The average Bonchev–Trinajstić information content (AvgIpc) is 2.74. The van der Waals surface area contributed by atoms with Gasteiger partial charge in [-0.05, 0) is 69.2 Å². The van der Waals surface area contributed by atoms with Crippen LogP contribution in [0.2, 0.25) is 0 Å². The van der Waals surface area contributed by atoms with Crippen LogP contribution >= 0.6 is 0 Å². The van der Waals surface area contributed by atoms with Crippen LogP contribution in [-0.2, 0) is 0 Å². The number of nitrogens with zero attached hydrogens (tertiary/aromatic N) is 1. The summed E-state index contributed by atoms with van der Waals surface area (Å²) in [7, 11) is 0. The molecule has 0 aromatic heterocycles. The molecule has 2 aromatic carbocycles. The molecule has 0 N–H and O–H groups in total. The molecular weight excluding hydrogens is 418 g/mol. The first-order valence-corrected chi connectivity index (χ1v) is 11.5. The molecule has 1 saturated heterocycles. The van der Waals surface area contributed by atoms with Crippen LogP contribution in [0.25, 0.3) is 0 Å². The number of likely N-dealkylation sites (tertiary alicyclic amines) is 1. The topological polar surface area (TPSA) is 72.9 Å². The van der Waals surface area contributed by atoms with Crippen molar-refractivity contribution in [1.29, 1.82) is 0 Å². The lowest BCUT2D eigenvalue weighted by Gasteiger charge is -2.44. The fourth-order valence-corrected chi connectivity index (χ4v) is 5.11. The minimum Gasteiger partial charge on any atom is -0.487 e. The summed E-state index contributed by atoms with van der Waals surface area (Å²) in [5.74, 6) is 1.18. The Balaban J connectivity index is 1.31. The third-order valence-corrected chi connectivity index (χ3v) is 7.17. The summed E-state index contributed by atoms with van der Waals surface area (Å²) in [5, 5.41) is 0. The number of piperidine rings is 1. The zero-order valence-electron chi connectivity index (χ0n) is 19.6. The molecule has 0 atom stereocenters. The first-order chi connectivity index (χ1) is 15.6. The summed E-state index contributed by atoms with van der Waals surface area (Å²) in [6.07, 6.45) is 1.82. The monoisotopic (exact) mass is 447 g/mol. The van der Waals surface area contributed by atoms with Crippen LogP contribution in [0.5, 0.6) is 11.5 Å². The van der Waals surface area contributed by atoms with Crippen LogP contribution in [0.15, 0.2) is 30.3 Å². The summed E-state index contributed by atoms with van der Waals surface area (Å²) in [4.78, 5) is 40.4. The molecule has 2 aromatic rings. The highest BCUT2D eigenvalue weighted by Crippen LogP contribution is 2.41. The van der Waals surface area contributed by atoms with E-state index < -0.39 is 11.2 Å². The summed E-state index contributed by atoms with van der Waals surface area (Å²) in [6, 6.07) is 8.97. The third-order valence-electron chi connectivity index (χ3n) is 7.17. The molecule has 0 saturated carbocycles. The van der Waals surface area contributed by atoms with E-state index in [4.69, 9.17) is 9.47 Å². The van der Waals surface area contributed by atoms with Crippen molar-refractivity contribution in [2.75, 3.05) is 13.1 Å². The highest BCUT2D eigenvalue weighted by molar-refractivity contribution is 6.04. The molecule has 3 heterocycles. The van der Waals surface area contributed by atoms with Gasteiger partial charge in [0, 0.05) is 31.5 Å². The van der Waals surface area contributed by atoms with E-state index in [1.54, 1.807) is 23.1 Å². The molecule has 3 aliphatic rings. The molecular formula is C27H29NO5. The molecule has 3 aliphatic heterocycles. The number of hydrogen-bond donors (Lipinski definition) is 0. The van der Waals surface area contributed by atoms with Gasteiger partial charge in [0.2, 0.25) is 0 Å². The van der Waals surface area contributed by atoms with Gasteiger partial charge < -0.3 is 14.4 Å². The summed E-state index contributed by atoms with van der Waals surface area (Å²) in [6.45, 7) is 8.78. The van der Waals surface area contributed by atoms with Gasteiger partial charge in [0.1, 0.15) is 22.7 Å². The van der Waals surface area contributed by atoms with Gasteiger partial charge in [0.05, 0.1) is 24.0 Å². The predicted molar refractivity (Wildman–Crippen MR) is 123 cm³/mol. The van der Waals surface area contributed by atoms with Gasteiger partial charge in [-0.1, -0.05) is 0 Å². The number of carbonyl (C=O) groups is 3. The molecule has 1 amide bonds. The van der Waals surface area contributed by atoms with Gasteiger partial charge in [0.25, 0.3) is 5.91 Å². The van der Waals surface area contributed by atoms with Crippen LogP contribution in [0.1, 0.15) is 81.7 Å². The number of Topliss-reactive ketones (excluding diaryl/α,β-unsaturated/α-hetero) is 2. The van der Waals surface area contributed by atoms with E-state index in [0.717, 1.165) is 11.1 Å². The number of aryl methyl sites for hydroxylation is 2. The lowest BCUT2D eigenvalue weighted by atomic mass is 9.81. The quantitative estimate of drug-likeness (QED) is 0.634. The van der Waals surface area contributed by atoms with Crippen molar-refractivity contribution in [3.05, 3.63) is 58.1 Å². The van der Waals surface area contributed by atoms with E-state index >= 15 is 0 Å².